The van der Waals surface area contributed by atoms with Gasteiger partial charge >= 0.3 is 0 Å². The molecule has 5 nitrogen and oxygen atoms in total. The number of hydrogen-bond acceptors (Lipinski definition) is 5. The third kappa shape index (κ3) is 4.07. The van der Waals surface area contributed by atoms with Gasteiger partial charge in [0.05, 0.1) is 19.9 Å². The summed E-state index contributed by atoms with van der Waals surface area (Å²) in [5.41, 5.74) is 2.51. The zero-order valence-electron chi connectivity index (χ0n) is 13.9. The fourth-order valence-electron chi connectivity index (χ4n) is 2.44. The van der Waals surface area contributed by atoms with E-state index in [0.717, 1.165) is 29.7 Å². The Morgan fingerprint density at radius 2 is 1.96 bits per heavy atom. The van der Waals surface area contributed by atoms with E-state index in [9.17, 15) is 4.79 Å². The van der Waals surface area contributed by atoms with E-state index >= 15 is 0 Å². The van der Waals surface area contributed by atoms with E-state index in [0.29, 0.717) is 23.1 Å². The summed E-state index contributed by atoms with van der Waals surface area (Å²) >= 11 is 1.45. The Balaban J connectivity index is 2.41. The van der Waals surface area contributed by atoms with Crippen molar-refractivity contribution >= 4 is 11.8 Å². The van der Waals surface area contributed by atoms with Crippen LogP contribution in [0.2, 0.25) is 0 Å². The molecular formula is C17H22N2O3S. The van der Waals surface area contributed by atoms with Gasteiger partial charge in [0.2, 0.25) is 0 Å². The second-order valence-electron chi connectivity index (χ2n) is 5.12. The molecule has 23 heavy (non-hydrogen) atoms. The normalized spacial score (nSPS) is 10.6. The first kappa shape index (κ1) is 17.4. The molecule has 1 N–H and O–H groups in total. The molecule has 0 fully saturated rings. The fraction of sp³-hybridized carbons (Fsp3) is 0.412. The highest BCUT2D eigenvalue weighted by atomic mass is 32.2. The summed E-state index contributed by atoms with van der Waals surface area (Å²) in [6, 6.07) is 5.70. The van der Waals surface area contributed by atoms with Crippen LogP contribution in [0, 0.1) is 0 Å². The van der Waals surface area contributed by atoms with E-state index in [-0.39, 0.29) is 5.56 Å². The second kappa shape index (κ2) is 8.06. The topological polar surface area (TPSA) is 64.2 Å². The predicted molar refractivity (Wildman–Crippen MR) is 93.0 cm³/mol. The molecule has 0 atom stereocenters. The van der Waals surface area contributed by atoms with Gasteiger partial charge in [-0.1, -0.05) is 31.2 Å². The molecular weight excluding hydrogens is 312 g/mol. The van der Waals surface area contributed by atoms with Crippen molar-refractivity contribution in [1.82, 2.24) is 9.97 Å². The molecule has 0 bridgehead atoms. The smallest absolute Gasteiger partial charge is 0.255 e. The van der Waals surface area contributed by atoms with Crippen LogP contribution in [0.15, 0.2) is 28.2 Å². The average molecular weight is 334 g/mol. The van der Waals surface area contributed by atoms with Gasteiger partial charge in [0.25, 0.3) is 5.56 Å². The van der Waals surface area contributed by atoms with Crippen LogP contribution < -0.4 is 15.0 Å². The molecule has 2 rings (SSSR count). The molecule has 1 aromatic carbocycles. The molecule has 1 heterocycles. The van der Waals surface area contributed by atoms with E-state index in [2.05, 4.69) is 16.9 Å². The van der Waals surface area contributed by atoms with Gasteiger partial charge in [-0.3, -0.25) is 4.79 Å². The molecule has 0 aliphatic carbocycles. The van der Waals surface area contributed by atoms with Crippen molar-refractivity contribution in [2.45, 2.75) is 31.3 Å². The molecule has 0 aliphatic heterocycles. The maximum absolute atomic E-state index is 12.4. The van der Waals surface area contributed by atoms with Gasteiger partial charge in [-0.05, 0) is 30.4 Å². The first-order valence-electron chi connectivity index (χ1n) is 7.49. The van der Waals surface area contributed by atoms with Gasteiger partial charge in [0.15, 0.2) is 16.7 Å². The number of thioether (sulfide) groups is 1. The lowest BCUT2D eigenvalue weighted by molar-refractivity contribution is 0.354. The van der Waals surface area contributed by atoms with Crippen LogP contribution in [0.1, 0.15) is 30.2 Å². The minimum absolute atomic E-state index is 0.0671. The Morgan fingerprint density at radius 3 is 2.57 bits per heavy atom. The number of ether oxygens (including phenoxy) is 2. The largest absolute Gasteiger partial charge is 0.493 e. The third-order valence-electron chi connectivity index (χ3n) is 3.59. The number of aromatic amines is 1. The highest BCUT2D eigenvalue weighted by Crippen LogP contribution is 2.28. The minimum atomic E-state index is -0.0671. The van der Waals surface area contributed by atoms with Crippen molar-refractivity contribution in [3.63, 3.8) is 0 Å². The Kier molecular flexibility index (Phi) is 6.10. The van der Waals surface area contributed by atoms with E-state index in [1.54, 1.807) is 14.2 Å². The van der Waals surface area contributed by atoms with E-state index in [1.165, 1.54) is 11.8 Å². The van der Waals surface area contributed by atoms with Crippen LogP contribution >= 0.6 is 11.8 Å². The zero-order chi connectivity index (χ0) is 16.8. The van der Waals surface area contributed by atoms with Crippen LogP contribution in [0.4, 0.5) is 0 Å². The van der Waals surface area contributed by atoms with Crippen molar-refractivity contribution in [3.8, 4) is 11.5 Å². The van der Waals surface area contributed by atoms with Gasteiger partial charge in [0.1, 0.15) is 0 Å². The maximum atomic E-state index is 12.4. The van der Waals surface area contributed by atoms with Gasteiger partial charge in [-0.25, -0.2) is 4.98 Å². The molecule has 0 saturated carbocycles. The Morgan fingerprint density at radius 1 is 1.22 bits per heavy atom. The second-order valence-corrected chi connectivity index (χ2v) is 5.91. The first-order valence-corrected chi connectivity index (χ1v) is 8.72. The molecule has 0 amide bonds. The highest BCUT2D eigenvalue weighted by Gasteiger charge is 2.13. The van der Waals surface area contributed by atoms with Crippen molar-refractivity contribution in [2.75, 3.05) is 20.5 Å². The van der Waals surface area contributed by atoms with Crippen molar-refractivity contribution in [2.24, 2.45) is 0 Å². The van der Waals surface area contributed by atoms with Crippen LogP contribution in [0.25, 0.3) is 0 Å². The zero-order valence-corrected chi connectivity index (χ0v) is 14.8. The van der Waals surface area contributed by atoms with E-state index in [4.69, 9.17) is 9.47 Å². The number of nitrogens with zero attached hydrogens (tertiary/aromatic N) is 1. The fourth-order valence-corrected chi connectivity index (χ4v) is 2.84. The van der Waals surface area contributed by atoms with Crippen LogP contribution in [-0.4, -0.2) is 30.4 Å². The van der Waals surface area contributed by atoms with Crippen LogP contribution in [0.5, 0.6) is 11.5 Å². The monoisotopic (exact) mass is 334 g/mol. The van der Waals surface area contributed by atoms with Gasteiger partial charge in [-0.15, -0.1) is 0 Å². The summed E-state index contributed by atoms with van der Waals surface area (Å²) in [7, 11) is 3.21. The maximum Gasteiger partial charge on any atom is 0.255 e. The Hall–Kier alpha value is -1.95. The molecule has 0 aliphatic rings. The minimum Gasteiger partial charge on any atom is -0.493 e. The third-order valence-corrected chi connectivity index (χ3v) is 4.17. The van der Waals surface area contributed by atoms with Crippen molar-refractivity contribution in [3.05, 3.63) is 45.4 Å². The molecule has 0 radical (unpaired) electrons. The summed E-state index contributed by atoms with van der Waals surface area (Å²) in [6.45, 7) is 2.09. The van der Waals surface area contributed by atoms with Crippen LogP contribution in [0.3, 0.4) is 0 Å². The summed E-state index contributed by atoms with van der Waals surface area (Å²) < 4.78 is 10.6. The summed E-state index contributed by atoms with van der Waals surface area (Å²) in [5, 5.41) is 0.662. The van der Waals surface area contributed by atoms with Crippen LogP contribution in [-0.2, 0) is 12.8 Å². The molecule has 2 aromatic rings. The standard InChI is InChI=1S/C17H22N2O3S/c1-5-6-13-12(16(20)19-17(18-13)23-4)9-11-7-8-14(21-2)15(10-11)22-3/h7-8,10H,5-6,9H2,1-4H3,(H,18,19,20). The first-order chi connectivity index (χ1) is 11.1. The average Bonchev–Trinajstić information content (AvgIpc) is 2.57. The lowest BCUT2D eigenvalue weighted by atomic mass is 10.0. The van der Waals surface area contributed by atoms with Crippen molar-refractivity contribution < 1.29 is 9.47 Å². The van der Waals surface area contributed by atoms with E-state index < -0.39 is 0 Å². The SMILES string of the molecule is CCCc1nc(SC)[nH]c(=O)c1Cc1ccc(OC)c(OC)c1. The van der Waals surface area contributed by atoms with Crippen molar-refractivity contribution in [1.29, 1.82) is 0 Å². The number of H-pyrrole nitrogens is 1. The molecule has 6 heteroatoms. The predicted octanol–water partition coefficient (Wildman–Crippen LogP) is 3.05. The summed E-state index contributed by atoms with van der Waals surface area (Å²) in [5.74, 6) is 1.34. The number of nitrogens with one attached hydrogen (secondary N) is 1. The number of rotatable bonds is 7. The molecule has 0 unspecified atom stereocenters. The molecule has 0 spiro atoms. The Labute approximate surface area is 140 Å². The van der Waals surface area contributed by atoms with Gasteiger partial charge < -0.3 is 14.5 Å². The summed E-state index contributed by atoms with van der Waals surface area (Å²) in [4.78, 5) is 19.8. The van der Waals surface area contributed by atoms with E-state index in [1.807, 2.05) is 24.5 Å². The van der Waals surface area contributed by atoms with Gasteiger partial charge in [-0.2, -0.15) is 0 Å². The number of aryl methyl sites for hydroxylation is 1. The summed E-state index contributed by atoms with van der Waals surface area (Å²) in [6.07, 6.45) is 4.16. The number of aromatic nitrogens is 2. The Bertz CT molecular complexity index is 728. The number of methoxy groups -OCH3 is 2. The number of hydrogen-bond donors (Lipinski definition) is 1. The molecule has 124 valence electrons. The quantitative estimate of drug-likeness (QED) is 0.623. The number of benzene rings is 1. The highest BCUT2D eigenvalue weighted by molar-refractivity contribution is 7.98. The lowest BCUT2D eigenvalue weighted by Gasteiger charge is -2.11. The van der Waals surface area contributed by atoms with Gasteiger partial charge in [0, 0.05) is 12.0 Å². The molecule has 0 saturated heterocycles. The molecule has 1 aromatic heterocycles. The lowest BCUT2D eigenvalue weighted by Crippen LogP contribution is -2.19.